The zero-order valence-electron chi connectivity index (χ0n) is 10.7. The van der Waals surface area contributed by atoms with Crippen LogP contribution in [0.2, 0.25) is 0 Å². The molecule has 0 radical (unpaired) electrons. The molecular weight excluding hydrogens is 310 g/mol. The molecule has 0 amide bonds. The first kappa shape index (κ1) is 14.0. The van der Waals surface area contributed by atoms with Gasteiger partial charge in [-0.05, 0) is 24.6 Å². The van der Waals surface area contributed by atoms with E-state index in [1.807, 2.05) is 22.9 Å². The van der Waals surface area contributed by atoms with Crippen LogP contribution in [0.15, 0.2) is 29.0 Å². The Bertz CT molecular complexity index is 542. The molecule has 0 fully saturated rings. The monoisotopic (exact) mass is 325 g/mol. The molecule has 102 valence electrons. The smallest absolute Gasteiger partial charge is 0.164 e. The lowest BCUT2D eigenvalue weighted by atomic mass is 10.2. The van der Waals surface area contributed by atoms with E-state index in [4.69, 9.17) is 4.74 Å². The molecule has 1 aromatic heterocycles. The molecule has 0 saturated heterocycles. The molecule has 0 aliphatic carbocycles. The van der Waals surface area contributed by atoms with Crippen molar-refractivity contribution < 1.29 is 9.84 Å². The Kier molecular flexibility index (Phi) is 4.93. The number of benzene rings is 1. The Hall–Kier alpha value is -1.40. The van der Waals surface area contributed by atoms with Gasteiger partial charge in [-0.25, -0.2) is 9.67 Å². The van der Waals surface area contributed by atoms with Crippen LogP contribution in [-0.4, -0.2) is 19.9 Å². The van der Waals surface area contributed by atoms with E-state index in [-0.39, 0.29) is 6.61 Å². The maximum atomic E-state index is 9.30. The molecule has 1 aromatic carbocycles. The number of hydrogen-bond acceptors (Lipinski definition) is 4. The number of rotatable bonds is 6. The zero-order valence-corrected chi connectivity index (χ0v) is 12.3. The quantitative estimate of drug-likeness (QED) is 0.886. The van der Waals surface area contributed by atoms with Gasteiger partial charge in [-0.15, -0.1) is 0 Å². The average Bonchev–Trinajstić information content (AvgIpc) is 2.85. The van der Waals surface area contributed by atoms with Gasteiger partial charge >= 0.3 is 0 Å². The third-order valence-corrected chi connectivity index (χ3v) is 3.17. The molecule has 0 aliphatic heterocycles. The van der Waals surface area contributed by atoms with E-state index in [1.54, 1.807) is 0 Å². The number of hydrogen-bond donors (Lipinski definition) is 1. The Balaban J connectivity index is 2.07. The van der Waals surface area contributed by atoms with E-state index in [2.05, 4.69) is 32.9 Å². The second kappa shape index (κ2) is 6.68. The topological polar surface area (TPSA) is 60.2 Å². The predicted octanol–water partition coefficient (Wildman–Crippen LogP) is 2.52. The van der Waals surface area contributed by atoms with Gasteiger partial charge in [0, 0.05) is 16.6 Å². The first-order valence-corrected chi connectivity index (χ1v) is 6.92. The third-order valence-electron chi connectivity index (χ3n) is 2.68. The van der Waals surface area contributed by atoms with Crippen LogP contribution >= 0.6 is 15.9 Å². The van der Waals surface area contributed by atoms with Gasteiger partial charge in [-0.1, -0.05) is 22.9 Å². The van der Waals surface area contributed by atoms with E-state index in [9.17, 15) is 5.11 Å². The number of aliphatic hydroxyl groups excluding tert-OH is 1. The molecule has 2 rings (SSSR count). The van der Waals surface area contributed by atoms with E-state index in [1.165, 1.54) is 6.33 Å². The van der Waals surface area contributed by atoms with Crippen molar-refractivity contribution in [1.82, 2.24) is 14.8 Å². The lowest BCUT2D eigenvalue weighted by molar-refractivity contribution is 0.252. The highest BCUT2D eigenvalue weighted by Gasteiger charge is 2.07. The summed E-state index contributed by atoms with van der Waals surface area (Å²) in [4.78, 5) is 4.18. The van der Waals surface area contributed by atoms with Crippen LogP contribution in [0.1, 0.15) is 24.7 Å². The summed E-state index contributed by atoms with van der Waals surface area (Å²) in [7, 11) is 0. The Morgan fingerprint density at radius 1 is 1.42 bits per heavy atom. The van der Waals surface area contributed by atoms with Crippen LogP contribution in [0.5, 0.6) is 5.75 Å². The van der Waals surface area contributed by atoms with Gasteiger partial charge in [0.15, 0.2) is 5.82 Å². The summed E-state index contributed by atoms with van der Waals surface area (Å²) in [6, 6.07) is 5.55. The molecule has 19 heavy (non-hydrogen) atoms. The second-order valence-electron chi connectivity index (χ2n) is 4.10. The van der Waals surface area contributed by atoms with Crippen molar-refractivity contribution >= 4 is 15.9 Å². The lowest BCUT2D eigenvalue weighted by Gasteiger charge is -2.10. The van der Waals surface area contributed by atoms with Gasteiger partial charge in [-0.3, -0.25) is 0 Å². The molecule has 0 unspecified atom stereocenters. The molecule has 5 nitrogen and oxygen atoms in total. The van der Waals surface area contributed by atoms with Crippen LogP contribution in [-0.2, 0) is 19.8 Å². The largest absolute Gasteiger partial charge is 0.485 e. The van der Waals surface area contributed by atoms with Crippen LogP contribution in [0.4, 0.5) is 0 Å². The van der Waals surface area contributed by atoms with Gasteiger partial charge < -0.3 is 9.84 Å². The summed E-state index contributed by atoms with van der Waals surface area (Å²) in [5.41, 5.74) is 0.746. The fourth-order valence-corrected chi connectivity index (χ4v) is 2.16. The summed E-state index contributed by atoms with van der Waals surface area (Å²) in [6.07, 6.45) is 2.53. The van der Waals surface area contributed by atoms with E-state index >= 15 is 0 Å². The van der Waals surface area contributed by atoms with Gasteiger partial charge in [0.25, 0.3) is 0 Å². The summed E-state index contributed by atoms with van der Waals surface area (Å²) in [5, 5.41) is 13.4. The van der Waals surface area contributed by atoms with Crippen LogP contribution in [0.25, 0.3) is 0 Å². The second-order valence-corrected chi connectivity index (χ2v) is 5.01. The number of aryl methyl sites for hydroxylation is 1. The van der Waals surface area contributed by atoms with Crippen molar-refractivity contribution in [3.63, 3.8) is 0 Å². The van der Waals surface area contributed by atoms with Crippen molar-refractivity contribution in [2.24, 2.45) is 0 Å². The van der Waals surface area contributed by atoms with Crippen molar-refractivity contribution in [1.29, 1.82) is 0 Å². The van der Waals surface area contributed by atoms with E-state index in [0.717, 1.165) is 28.8 Å². The first-order chi connectivity index (χ1) is 9.24. The molecule has 1 N–H and O–H groups in total. The summed E-state index contributed by atoms with van der Waals surface area (Å²) >= 11 is 3.37. The zero-order chi connectivity index (χ0) is 13.7. The average molecular weight is 326 g/mol. The third kappa shape index (κ3) is 3.54. The number of aromatic nitrogens is 3. The highest BCUT2D eigenvalue weighted by Crippen LogP contribution is 2.23. The van der Waals surface area contributed by atoms with Crippen LogP contribution in [0.3, 0.4) is 0 Å². The van der Waals surface area contributed by atoms with E-state index < -0.39 is 0 Å². The number of halogens is 1. The van der Waals surface area contributed by atoms with Crippen molar-refractivity contribution in [3.05, 3.63) is 40.4 Å². The normalized spacial score (nSPS) is 10.7. The first-order valence-electron chi connectivity index (χ1n) is 6.13. The minimum absolute atomic E-state index is 0.0591. The van der Waals surface area contributed by atoms with Gasteiger partial charge in [0.2, 0.25) is 0 Å². The number of nitrogens with zero attached hydrogens (tertiary/aromatic N) is 3. The molecule has 0 bridgehead atoms. The highest BCUT2D eigenvalue weighted by molar-refractivity contribution is 9.10. The van der Waals surface area contributed by atoms with Crippen molar-refractivity contribution in [2.45, 2.75) is 33.1 Å². The Morgan fingerprint density at radius 3 is 3.00 bits per heavy atom. The molecule has 0 saturated carbocycles. The fraction of sp³-hybridized carbons (Fsp3) is 0.385. The van der Waals surface area contributed by atoms with Gasteiger partial charge in [0.05, 0.1) is 6.61 Å². The molecule has 1 heterocycles. The van der Waals surface area contributed by atoms with Gasteiger partial charge in [0.1, 0.15) is 18.7 Å². The molecule has 0 spiro atoms. The minimum Gasteiger partial charge on any atom is -0.485 e. The SMILES string of the molecule is CCCn1ncnc1COc1ccc(Br)cc1CO. The maximum Gasteiger partial charge on any atom is 0.164 e. The van der Waals surface area contributed by atoms with Crippen molar-refractivity contribution in [2.75, 3.05) is 0 Å². The lowest BCUT2D eigenvalue weighted by Crippen LogP contribution is -2.09. The predicted molar refractivity (Wildman–Crippen MR) is 74.7 cm³/mol. The van der Waals surface area contributed by atoms with Crippen LogP contribution < -0.4 is 4.74 Å². The minimum atomic E-state index is -0.0591. The molecular formula is C13H16BrN3O2. The molecule has 0 aliphatic rings. The maximum absolute atomic E-state index is 9.30. The fourth-order valence-electron chi connectivity index (χ4n) is 1.75. The molecule has 0 atom stereocenters. The highest BCUT2D eigenvalue weighted by atomic mass is 79.9. The number of ether oxygens (including phenoxy) is 1. The summed E-state index contributed by atoms with van der Waals surface area (Å²) < 4.78 is 8.46. The standard InChI is InChI=1S/C13H16BrN3O2/c1-2-5-17-13(15-9-16-17)8-19-12-4-3-11(14)6-10(12)7-18/h3-4,6,9,18H,2,5,7-8H2,1H3. The Morgan fingerprint density at radius 2 is 2.26 bits per heavy atom. The van der Waals surface area contributed by atoms with E-state index in [0.29, 0.717) is 12.4 Å². The van der Waals surface area contributed by atoms with Gasteiger partial charge in [-0.2, -0.15) is 5.10 Å². The van der Waals surface area contributed by atoms with Crippen molar-refractivity contribution in [3.8, 4) is 5.75 Å². The summed E-state index contributed by atoms with van der Waals surface area (Å²) in [6.45, 7) is 3.20. The molecule has 6 heteroatoms. The summed E-state index contributed by atoms with van der Waals surface area (Å²) in [5.74, 6) is 1.45. The number of aliphatic hydroxyl groups is 1. The Labute approximate surface area is 120 Å². The molecule has 2 aromatic rings. The van der Waals surface area contributed by atoms with Crippen LogP contribution in [0, 0.1) is 0 Å².